The van der Waals surface area contributed by atoms with E-state index in [1.165, 1.54) is 52.4 Å². The summed E-state index contributed by atoms with van der Waals surface area (Å²) in [4.78, 5) is 0. The van der Waals surface area contributed by atoms with E-state index >= 15 is 0 Å². The Balaban J connectivity index is 1.44. The molecule has 0 aliphatic carbocycles. The van der Waals surface area contributed by atoms with Crippen LogP contribution >= 0.6 is 0 Å². The van der Waals surface area contributed by atoms with Crippen molar-refractivity contribution in [2.24, 2.45) is 0 Å². The number of hydrogen-bond donors (Lipinski definition) is 2. The lowest BCUT2D eigenvalue weighted by molar-refractivity contribution is -0.675. The molecule has 2 aromatic carbocycles. The molecule has 2 aromatic heterocycles. The van der Waals surface area contributed by atoms with E-state index in [1.54, 1.807) is 0 Å². The normalized spacial score (nSPS) is 16.3. The summed E-state index contributed by atoms with van der Waals surface area (Å²) in [5, 5.41) is 9.75. The number of para-hydroxylation sites is 2. The molecule has 0 saturated heterocycles. The molecule has 0 atom stereocenters. The average molecular weight is 411 g/mol. The Bertz CT molecular complexity index is 1130. The molecule has 0 radical (unpaired) electrons. The third kappa shape index (κ3) is 4.24. The maximum absolute atomic E-state index is 3.59. The van der Waals surface area contributed by atoms with E-state index in [4.69, 9.17) is 0 Å². The Labute approximate surface area is 183 Å². The summed E-state index contributed by atoms with van der Waals surface area (Å²) in [5.41, 5.74) is 4.98. The number of hydrogen-bond acceptors (Lipinski definition) is 2. The number of rotatable bonds is 0. The average Bonchev–Trinajstić information content (AvgIpc) is 2.82. The van der Waals surface area contributed by atoms with Crippen LogP contribution in [0.4, 0.5) is 11.4 Å². The zero-order valence-electron chi connectivity index (χ0n) is 17.9. The van der Waals surface area contributed by atoms with Crippen LogP contribution in [-0.4, -0.2) is 13.1 Å². The number of anilines is 2. The molecule has 0 unspecified atom stereocenters. The summed E-state index contributed by atoms with van der Waals surface area (Å²) in [5.74, 6) is 0. The van der Waals surface area contributed by atoms with Crippen LogP contribution < -0.4 is 19.8 Å². The lowest BCUT2D eigenvalue weighted by Gasteiger charge is -2.08. The SMILES string of the molecule is C1=C\CNc2cc[n+](c3ccccc23)CCCCC[n+]2ccc(c3ccccc32)NC/1. The van der Waals surface area contributed by atoms with Gasteiger partial charge in [0.25, 0.3) is 0 Å². The van der Waals surface area contributed by atoms with Gasteiger partial charge in [-0.2, -0.15) is 9.13 Å². The molecule has 0 spiro atoms. The van der Waals surface area contributed by atoms with E-state index in [-0.39, 0.29) is 0 Å². The van der Waals surface area contributed by atoms with Gasteiger partial charge >= 0.3 is 0 Å². The molecule has 0 fully saturated rings. The molecule has 31 heavy (non-hydrogen) atoms. The highest BCUT2D eigenvalue weighted by Gasteiger charge is 2.14. The molecular formula is C27H30N4+2. The zero-order valence-corrected chi connectivity index (χ0v) is 17.9. The summed E-state index contributed by atoms with van der Waals surface area (Å²) < 4.78 is 4.79. The van der Waals surface area contributed by atoms with Gasteiger partial charge in [0.1, 0.15) is 13.1 Å². The third-order valence-corrected chi connectivity index (χ3v) is 6.14. The monoisotopic (exact) mass is 410 g/mol. The van der Waals surface area contributed by atoms with E-state index in [9.17, 15) is 0 Å². The van der Waals surface area contributed by atoms with E-state index in [2.05, 4.69) is 105 Å². The summed E-state index contributed by atoms with van der Waals surface area (Å²) >= 11 is 0. The van der Waals surface area contributed by atoms with Crippen LogP contribution in [0.1, 0.15) is 19.3 Å². The quantitative estimate of drug-likeness (QED) is 0.321. The fourth-order valence-electron chi connectivity index (χ4n) is 4.52. The molecule has 4 nitrogen and oxygen atoms in total. The van der Waals surface area contributed by atoms with Crippen LogP contribution in [0.5, 0.6) is 0 Å². The fourth-order valence-corrected chi connectivity index (χ4v) is 4.52. The van der Waals surface area contributed by atoms with E-state index in [0.29, 0.717) is 0 Å². The molecule has 5 rings (SSSR count). The van der Waals surface area contributed by atoms with Gasteiger partial charge in [-0.15, -0.1) is 0 Å². The standard InChI is InChI=1S/C27H28N4/c1-8-18-30-20-14-24(22-10-2-4-12-26(22)30)28-16-6-7-17-29-25-15-21-31(19-9-1)27-13-5-3-11-23(25)27/h2-7,10-15,20-21H,1,8-9,16-19H2/p+2/b7-6-,28-24?,29-25?. The lowest BCUT2D eigenvalue weighted by atomic mass is 10.1. The Morgan fingerprint density at radius 1 is 0.548 bits per heavy atom. The molecule has 1 aliphatic rings. The van der Waals surface area contributed by atoms with Crippen molar-refractivity contribution in [2.75, 3.05) is 23.7 Å². The summed E-state index contributed by atoms with van der Waals surface area (Å²) in [6.07, 6.45) is 12.4. The Morgan fingerprint density at radius 3 is 1.55 bits per heavy atom. The number of nitrogens with zero attached hydrogens (tertiary/aromatic N) is 2. The first-order valence-electron chi connectivity index (χ1n) is 11.4. The van der Waals surface area contributed by atoms with Crippen LogP contribution in [0, 0.1) is 0 Å². The van der Waals surface area contributed by atoms with Gasteiger partial charge in [0.15, 0.2) is 12.4 Å². The third-order valence-electron chi connectivity index (χ3n) is 6.14. The topological polar surface area (TPSA) is 31.8 Å². The second-order valence-corrected chi connectivity index (χ2v) is 8.17. The number of aromatic nitrogens is 2. The van der Waals surface area contributed by atoms with Gasteiger partial charge < -0.3 is 10.6 Å². The first-order valence-corrected chi connectivity index (χ1v) is 11.4. The number of aryl methyl sites for hydroxylation is 2. The van der Waals surface area contributed by atoms with Gasteiger partial charge in [0.05, 0.1) is 22.1 Å². The number of nitrogens with one attached hydrogen (secondary N) is 2. The van der Waals surface area contributed by atoms with Crippen molar-refractivity contribution in [1.82, 2.24) is 0 Å². The summed E-state index contributed by atoms with van der Waals surface area (Å²) in [7, 11) is 0. The van der Waals surface area contributed by atoms with Gasteiger partial charge in [0, 0.05) is 50.2 Å². The smallest absolute Gasteiger partial charge is 0.214 e. The Morgan fingerprint density at radius 2 is 1.03 bits per heavy atom. The summed E-state index contributed by atoms with van der Waals surface area (Å²) in [6, 6.07) is 21.8. The molecular weight excluding hydrogens is 380 g/mol. The van der Waals surface area contributed by atoms with Crippen LogP contribution in [0.3, 0.4) is 0 Å². The molecule has 4 aromatic rings. The van der Waals surface area contributed by atoms with Crippen molar-refractivity contribution in [2.45, 2.75) is 32.4 Å². The highest BCUT2D eigenvalue weighted by Crippen LogP contribution is 2.21. The molecule has 2 N–H and O–H groups in total. The molecule has 4 bridgehead atoms. The summed E-state index contributed by atoms with van der Waals surface area (Å²) in [6.45, 7) is 3.72. The van der Waals surface area contributed by atoms with E-state index in [0.717, 1.165) is 26.2 Å². The first kappa shape index (κ1) is 19.6. The van der Waals surface area contributed by atoms with Crippen LogP contribution in [0.25, 0.3) is 21.8 Å². The van der Waals surface area contributed by atoms with Crippen molar-refractivity contribution in [1.29, 1.82) is 0 Å². The van der Waals surface area contributed by atoms with Crippen molar-refractivity contribution < 1.29 is 9.13 Å². The van der Waals surface area contributed by atoms with Gasteiger partial charge in [-0.3, -0.25) is 0 Å². The predicted octanol–water partition coefficient (Wildman–Crippen LogP) is 4.83. The molecule has 1 aliphatic heterocycles. The van der Waals surface area contributed by atoms with Crippen molar-refractivity contribution >= 4 is 33.2 Å². The Kier molecular flexibility index (Phi) is 5.79. The van der Waals surface area contributed by atoms with Crippen LogP contribution in [-0.2, 0) is 13.1 Å². The molecule has 3 heterocycles. The first-order chi connectivity index (χ1) is 15.4. The second-order valence-electron chi connectivity index (χ2n) is 8.17. The van der Waals surface area contributed by atoms with E-state index < -0.39 is 0 Å². The molecule has 156 valence electrons. The van der Waals surface area contributed by atoms with Gasteiger partial charge in [0.2, 0.25) is 11.0 Å². The van der Waals surface area contributed by atoms with Crippen molar-refractivity contribution in [3.05, 3.63) is 85.2 Å². The van der Waals surface area contributed by atoms with Crippen molar-refractivity contribution in [3.8, 4) is 0 Å². The van der Waals surface area contributed by atoms with Gasteiger partial charge in [-0.25, -0.2) is 0 Å². The molecule has 0 saturated carbocycles. The lowest BCUT2D eigenvalue weighted by Crippen LogP contribution is -2.35. The Hall–Kier alpha value is -3.40. The maximum atomic E-state index is 3.59. The minimum Gasteiger partial charge on any atom is -0.381 e. The molecule has 0 amide bonds. The highest BCUT2D eigenvalue weighted by atomic mass is 15.0. The zero-order chi connectivity index (χ0) is 20.9. The highest BCUT2D eigenvalue weighted by molar-refractivity contribution is 5.89. The largest absolute Gasteiger partial charge is 0.381 e. The van der Waals surface area contributed by atoms with Crippen molar-refractivity contribution in [3.63, 3.8) is 0 Å². The maximum Gasteiger partial charge on any atom is 0.214 e. The number of benzene rings is 2. The van der Waals surface area contributed by atoms with Gasteiger partial charge in [-0.05, 0) is 18.6 Å². The minimum atomic E-state index is 0.811. The van der Waals surface area contributed by atoms with Gasteiger partial charge in [-0.1, -0.05) is 36.4 Å². The second kappa shape index (κ2) is 9.17. The van der Waals surface area contributed by atoms with E-state index in [1.807, 2.05) is 0 Å². The molecule has 4 heteroatoms. The number of pyridine rings is 2. The van der Waals surface area contributed by atoms with Crippen LogP contribution in [0.15, 0.2) is 85.2 Å². The fraction of sp³-hybridized carbons (Fsp3) is 0.259. The predicted molar refractivity (Wildman–Crippen MR) is 128 cm³/mol. The minimum absolute atomic E-state index is 0.811. The number of fused-ring (bicyclic) bond motifs is 12. The van der Waals surface area contributed by atoms with Crippen LogP contribution in [0.2, 0.25) is 0 Å².